The maximum absolute atomic E-state index is 12.1. The molecular formula is C12H19NO3. The van der Waals surface area contributed by atoms with Gasteiger partial charge in [-0.2, -0.15) is 0 Å². The zero-order valence-corrected chi connectivity index (χ0v) is 9.99. The summed E-state index contributed by atoms with van der Waals surface area (Å²) in [4.78, 5) is 25.8. The summed E-state index contributed by atoms with van der Waals surface area (Å²) in [6.07, 6.45) is 3.56. The maximum atomic E-state index is 12.1. The Morgan fingerprint density at radius 1 is 1.38 bits per heavy atom. The van der Waals surface area contributed by atoms with Gasteiger partial charge in [0.05, 0.1) is 6.54 Å². The van der Waals surface area contributed by atoms with E-state index in [4.69, 9.17) is 4.74 Å². The van der Waals surface area contributed by atoms with Crippen molar-refractivity contribution in [2.45, 2.75) is 45.1 Å². The van der Waals surface area contributed by atoms with Gasteiger partial charge in [-0.1, -0.05) is 26.7 Å². The Morgan fingerprint density at radius 2 is 2.00 bits per heavy atom. The van der Waals surface area contributed by atoms with E-state index in [0.29, 0.717) is 13.2 Å². The quantitative estimate of drug-likeness (QED) is 0.633. The molecule has 1 amide bonds. The number of hydrogen-bond acceptors (Lipinski definition) is 3. The van der Waals surface area contributed by atoms with Gasteiger partial charge in [0, 0.05) is 5.92 Å². The highest BCUT2D eigenvalue weighted by Crippen LogP contribution is 2.38. The third kappa shape index (κ3) is 1.60. The van der Waals surface area contributed by atoms with Gasteiger partial charge in [0.1, 0.15) is 12.1 Å². The van der Waals surface area contributed by atoms with Gasteiger partial charge in [-0.3, -0.25) is 4.79 Å². The Labute approximate surface area is 95.9 Å². The van der Waals surface area contributed by atoms with Crippen molar-refractivity contribution in [3.63, 3.8) is 0 Å². The minimum absolute atomic E-state index is 0.0524. The minimum atomic E-state index is -0.625. The average molecular weight is 225 g/mol. The lowest BCUT2D eigenvalue weighted by molar-refractivity contribution is -0.175. The zero-order valence-electron chi connectivity index (χ0n) is 9.99. The first-order valence-corrected chi connectivity index (χ1v) is 6.06. The van der Waals surface area contributed by atoms with Crippen LogP contribution in [0.5, 0.6) is 0 Å². The van der Waals surface area contributed by atoms with E-state index in [2.05, 4.69) is 0 Å². The summed E-state index contributed by atoms with van der Waals surface area (Å²) in [5.74, 6) is -0.160. The molecular weight excluding hydrogens is 206 g/mol. The van der Waals surface area contributed by atoms with Crippen LogP contribution in [0.1, 0.15) is 39.5 Å². The molecule has 0 N–H and O–H groups in total. The van der Waals surface area contributed by atoms with Crippen LogP contribution in [-0.4, -0.2) is 35.5 Å². The molecule has 90 valence electrons. The number of ether oxygens (including phenoxy) is 1. The van der Waals surface area contributed by atoms with Gasteiger partial charge in [-0.25, -0.2) is 4.79 Å². The molecule has 1 heterocycles. The number of nitrogens with zero attached hydrogens (tertiary/aromatic N) is 1. The Morgan fingerprint density at radius 3 is 2.56 bits per heavy atom. The SMILES string of the molecule is CC(C)C(=O)N1CCOC(=O)C12CCCC2. The lowest BCUT2D eigenvalue weighted by atomic mass is 9.92. The first kappa shape index (κ1) is 11.4. The predicted octanol–water partition coefficient (Wildman–Crippen LogP) is 1.34. The van der Waals surface area contributed by atoms with Crippen molar-refractivity contribution in [3.05, 3.63) is 0 Å². The van der Waals surface area contributed by atoms with Crippen LogP contribution in [0.2, 0.25) is 0 Å². The third-order valence-electron chi connectivity index (χ3n) is 3.64. The summed E-state index contributed by atoms with van der Waals surface area (Å²) < 4.78 is 5.14. The van der Waals surface area contributed by atoms with E-state index in [1.807, 2.05) is 13.8 Å². The second kappa shape index (κ2) is 4.07. The molecule has 1 saturated carbocycles. The normalized spacial score (nSPS) is 23.9. The standard InChI is InChI=1S/C12H19NO3/c1-9(2)10(14)13-7-8-16-11(15)12(13)5-3-4-6-12/h9H,3-8H2,1-2H3. The second-order valence-electron chi connectivity index (χ2n) is 5.02. The van der Waals surface area contributed by atoms with Gasteiger partial charge in [-0.05, 0) is 12.8 Å². The first-order chi connectivity index (χ1) is 7.58. The fraction of sp³-hybridized carbons (Fsp3) is 0.833. The van der Waals surface area contributed by atoms with Crippen LogP contribution in [0.4, 0.5) is 0 Å². The summed E-state index contributed by atoms with van der Waals surface area (Å²) in [7, 11) is 0. The molecule has 4 heteroatoms. The highest BCUT2D eigenvalue weighted by molar-refractivity contribution is 5.90. The minimum Gasteiger partial charge on any atom is -0.462 e. The van der Waals surface area contributed by atoms with Crippen LogP contribution in [-0.2, 0) is 14.3 Å². The van der Waals surface area contributed by atoms with Crippen molar-refractivity contribution in [2.75, 3.05) is 13.2 Å². The van der Waals surface area contributed by atoms with Gasteiger partial charge in [0.15, 0.2) is 0 Å². The number of hydrogen-bond donors (Lipinski definition) is 0. The predicted molar refractivity (Wildman–Crippen MR) is 58.7 cm³/mol. The highest BCUT2D eigenvalue weighted by Gasteiger charge is 2.51. The van der Waals surface area contributed by atoms with Crippen molar-refractivity contribution < 1.29 is 14.3 Å². The van der Waals surface area contributed by atoms with Gasteiger partial charge >= 0.3 is 5.97 Å². The molecule has 0 aromatic rings. The fourth-order valence-electron chi connectivity index (χ4n) is 2.75. The second-order valence-corrected chi connectivity index (χ2v) is 5.02. The van der Waals surface area contributed by atoms with Crippen LogP contribution in [0.3, 0.4) is 0 Å². The number of carbonyl (C=O) groups excluding carboxylic acids is 2. The topological polar surface area (TPSA) is 46.6 Å². The summed E-state index contributed by atoms with van der Waals surface area (Å²) >= 11 is 0. The molecule has 4 nitrogen and oxygen atoms in total. The molecule has 0 atom stereocenters. The van der Waals surface area contributed by atoms with E-state index in [0.717, 1.165) is 25.7 Å². The number of morpholine rings is 1. The van der Waals surface area contributed by atoms with Crippen LogP contribution < -0.4 is 0 Å². The number of cyclic esters (lactones) is 1. The van der Waals surface area contributed by atoms with Crippen molar-refractivity contribution >= 4 is 11.9 Å². The molecule has 1 spiro atoms. The summed E-state index contributed by atoms with van der Waals surface area (Å²) in [5.41, 5.74) is -0.625. The van der Waals surface area contributed by atoms with E-state index < -0.39 is 5.54 Å². The van der Waals surface area contributed by atoms with Crippen molar-refractivity contribution in [3.8, 4) is 0 Å². The number of rotatable bonds is 1. The Bertz CT molecular complexity index is 305. The number of amides is 1. The Balaban J connectivity index is 2.27. The van der Waals surface area contributed by atoms with Gasteiger partial charge in [0.25, 0.3) is 0 Å². The van der Waals surface area contributed by atoms with Crippen molar-refractivity contribution in [1.29, 1.82) is 0 Å². The molecule has 0 aromatic heterocycles. The fourth-order valence-corrected chi connectivity index (χ4v) is 2.75. The summed E-state index contributed by atoms with van der Waals surface area (Å²) in [5, 5.41) is 0. The molecule has 0 aromatic carbocycles. The van der Waals surface area contributed by atoms with Crippen molar-refractivity contribution in [2.24, 2.45) is 5.92 Å². The Kier molecular flexibility index (Phi) is 2.91. The van der Waals surface area contributed by atoms with Crippen LogP contribution >= 0.6 is 0 Å². The molecule has 1 saturated heterocycles. The molecule has 2 rings (SSSR count). The van der Waals surface area contributed by atoms with Crippen molar-refractivity contribution in [1.82, 2.24) is 4.90 Å². The average Bonchev–Trinajstić information content (AvgIpc) is 2.71. The smallest absolute Gasteiger partial charge is 0.332 e. The zero-order chi connectivity index (χ0) is 11.8. The summed E-state index contributed by atoms with van der Waals surface area (Å²) in [6.45, 7) is 4.66. The lowest BCUT2D eigenvalue weighted by Crippen LogP contribution is -2.61. The number of esters is 1. The van der Waals surface area contributed by atoms with E-state index in [1.54, 1.807) is 4.90 Å². The lowest BCUT2D eigenvalue weighted by Gasteiger charge is -2.43. The monoisotopic (exact) mass is 225 g/mol. The van der Waals surface area contributed by atoms with Gasteiger partial charge < -0.3 is 9.64 Å². The first-order valence-electron chi connectivity index (χ1n) is 6.06. The molecule has 0 bridgehead atoms. The molecule has 2 fully saturated rings. The largest absolute Gasteiger partial charge is 0.462 e. The van der Waals surface area contributed by atoms with E-state index in [9.17, 15) is 9.59 Å². The van der Waals surface area contributed by atoms with E-state index >= 15 is 0 Å². The molecule has 1 aliphatic carbocycles. The van der Waals surface area contributed by atoms with E-state index in [-0.39, 0.29) is 17.8 Å². The van der Waals surface area contributed by atoms with E-state index in [1.165, 1.54) is 0 Å². The van der Waals surface area contributed by atoms with Gasteiger partial charge in [-0.15, -0.1) is 0 Å². The molecule has 2 aliphatic rings. The molecule has 16 heavy (non-hydrogen) atoms. The molecule has 0 radical (unpaired) electrons. The Hall–Kier alpha value is -1.06. The maximum Gasteiger partial charge on any atom is 0.332 e. The van der Waals surface area contributed by atoms with Crippen LogP contribution in [0.15, 0.2) is 0 Å². The molecule has 1 aliphatic heterocycles. The highest BCUT2D eigenvalue weighted by atomic mass is 16.5. The molecule has 0 unspecified atom stereocenters. The number of carbonyl (C=O) groups is 2. The van der Waals surface area contributed by atoms with Crippen LogP contribution in [0.25, 0.3) is 0 Å². The van der Waals surface area contributed by atoms with Gasteiger partial charge in [0.2, 0.25) is 5.91 Å². The van der Waals surface area contributed by atoms with Crippen LogP contribution in [0, 0.1) is 5.92 Å². The summed E-state index contributed by atoms with van der Waals surface area (Å²) in [6, 6.07) is 0. The third-order valence-corrected chi connectivity index (χ3v) is 3.64.